The van der Waals surface area contributed by atoms with Crippen LogP contribution in [-0.4, -0.2) is 15.5 Å². The van der Waals surface area contributed by atoms with Crippen molar-refractivity contribution in [3.8, 4) is 11.3 Å². The zero-order valence-electron chi connectivity index (χ0n) is 11.7. The summed E-state index contributed by atoms with van der Waals surface area (Å²) < 4.78 is 1.79. The Hall–Kier alpha value is -3.14. The Morgan fingerprint density at radius 3 is 2.50 bits per heavy atom. The third-order valence-electron chi connectivity index (χ3n) is 3.84. The normalized spacial score (nSPS) is 11.1. The lowest BCUT2D eigenvalue weighted by Crippen LogP contribution is -2.11. The second kappa shape index (κ2) is 4.70. The van der Waals surface area contributed by atoms with Crippen molar-refractivity contribution in [2.24, 2.45) is 5.73 Å². The lowest BCUT2D eigenvalue weighted by atomic mass is 10.1. The first kappa shape index (κ1) is 12.6. The van der Waals surface area contributed by atoms with E-state index in [1.165, 1.54) is 0 Å². The first-order valence-corrected chi connectivity index (χ1v) is 7.00. The lowest BCUT2D eigenvalue weighted by Gasteiger charge is -2.05. The molecule has 22 heavy (non-hydrogen) atoms. The molecule has 1 amide bonds. The Morgan fingerprint density at radius 1 is 1.00 bits per heavy atom. The molecule has 0 aliphatic heterocycles. The number of hydrogen-bond acceptors (Lipinski definition) is 2. The van der Waals surface area contributed by atoms with Crippen LogP contribution in [0.2, 0.25) is 0 Å². The van der Waals surface area contributed by atoms with Gasteiger partial charge in [-0.3, -0.25) is 4.79 Å². The van der Waals surface area contributed by atoms with Gasteiger partial charge in [-0.2, -0.15) is 5.10 Å². The quantitative estimate of drug-likeness (QED) is 0.615. The summed E-state index contributed by atoms with van der Waals surface area (Å²) in [7, 11) is 0. The molecule has 0 bridgehead atoms. The zero-order valence-corrected chi connectivity index (χ0v) is 11.7. The molecule has 0 radical (unpaired) electrons. The van der Waals surface area contributed by atoms with Gasteiger partial charge in [0.1, 0.15) is 0 Å². The molecule has 0 aliphatic carbocycles. The van der Waals surface area contributed by atoms with E-state index in [4.69, 9.17) is 5.73 Å². The second-order valence-corrected chi connectivity index (χ2v) is 5.17. The minimum Gasteiger partial charge on any atom is -0.366 e. The van der Waals surface area contributed by atoms with E-state index in [1.54, 1.807) is 10.7 Å². The molecule has 106 valence electrons. The standard InChI is InChI=1S/C18H13N3O/c19-18(22)15-10-16-14-9-5-4-8-13(14)11-20-21(16)17(15)12-6-2-1-3-7-12/h1-11H,(H2,19,22). The summed E-state index contributed by atoms with van der Waals surface area (Å²) in [5.74, 6) is -0.451. The van der Waals surface area contributed by atoms with Gasteiger partial charge >= 0.3 is 0 Å². The molecule has 0 atom stereocenters. The van der Waals surface area contributed by atoms with Gasteiger partial charge in [0.15, 0.2) is 0 Å². The topological polar surface area (TPSA) is 60.4 Å². The Morgan fingerprint density at radius 2 is 1.73 bits per heavy atom. The molecule has 0 spiro atoms. The van der Waals surface area contributed by atoms with Crippen LogP contribution in [0.3, 0.4) is 0 Å². The van der Waals surface area contributed by atoms with Gasteiger partial charge in [-0.25, -0.2) is 4.52 Å². The van der Waals surface area contributed by atoms with Gasteiger partial charge in [0, 0.05) is 16.3 Å². The Bertz CT molecular complexity index is 1000. The minimum atomic E-state index is -0.451. The molecule has 0 aliphatic rings. The fourth-order valence-corrected chi connectivity index (χ4v) is 2.84. The summed E-state index contributed by atoms with van der Waals surface area (Å²) in [6, 6.07) is 19.5. The van der Waals surface area contributed by atoms with E-state index in [9.17, 15) is 4.79 Å². The maximum Gasteiger partial charge on any atom is 0.250 e. The predicted octanol–water partition coefficient (Wildman–Crippen LogP) is 3.25. The highest BCUT2D eigenvalue weighted by Gasteiger charge is 2.18. The molecule has 0 saturated heterocycles. The van der Waals surface area contributed by atoms with Crippen LogP contribution in [0.15, 0.2) is 66.9 Å². The zero-order chi connectivity index (χ0) is 15.1. The van der Waals surface area contributed by atoms with Crippen molar-refractivity contribution in [3.63, 3.8) is 0 Å². The highest BCUT2D eigenvalue weighted by molar-refractivity contribution is 6.05. The molecular formula is C18H13N3O. The summed E-state index contributed by atoms with van der Waals surface area (Å²) in [5.41, 5.74) is 8.59. The number of nitrogens with zero attached hydrogens (tertiary/aromatic N) is 2. The van der Waals surface area contributed by atoms with Crippen molar-refractivity contribution >= 4 is 22.2 Å². The Balaban J connectivity index is 2.17. The first-order valence-electron chi connectivity index (χ1n) is 7.00. The number of aromatic nitrogens is 2. The number of hydrogen-bond donors (Lipinski definition) is 1. The molecule has 4 aromatic rings. The average molecular weight is 287 g/mol. The van der Waals surface area contributed by atoms with E-state index in [2.05, 4.69) is 5.10 Å². The molecule has 0 saturated carbocycles. The van der Waals surface area contributed by atoms with E-state index in [0.29, 0.717) is 5.56 Å². The number of carbonyl (C=O) groups excluding carboxylic acids is 1. The van der Waals surface area contributed by atoms with E-state index >= 15 is 0 Å². The van der Waals surface area contributed by atoms with Crippen LogP contribution in [0, 0.1) is 0 Å². The van der Waals surface area contributed by atoms with E-state index in [-0.39, 0.29) is 0 Å². The Kier molecular flexibility index (Phi) is 2.69. The molecule has 2 heterocycles. The fraction of sp³-hybridized carbons (Fsp3) is 0. The van der Waals surface area contributed by atoms with Crippen LogP contribution < -0.4 is 5.73 Å². The van der Waals surface area contributed by atoms with Crippen LogP contribution in [0.4, 0.5) is 0 Å². The predicted molar refractivity (Wildman–Crippen MR) is 86.7 cm³/mol. The summed E-state index contributed by atoms with van der Waals surface area (Å²) >= 11 is 0. The van der Waals surface area contributed by atoms with Gasteiger partial charge in [0.05, 0.1) is 23.0 Å². The van der Waals surface area contributed by atoms with Gasteiger partial charge in [0.25, 0.3) is 5.91 Å². The van der Waals surface area contributed by atoms with Crippen LogP contribution in [-0.2, 0) is 0 Å². The van der Waals surface area contributed by atoms with Crippen molar-refractivity contribution in [2.45, 2.75) is 0 Å². The van der Waals surface area contributed by atoms with E-state index in [1.807, 2.05) is 60.7 Å². The van der Waals surface area contributed by atoms with Crippen LogP contribution in [0.1, 0.15) is 10.4 Å². The molecule has 0 unspecified atom stereocenters. The summed E-state index contributed by atoms with van der Waals surface area (Å²) in [6.45, 7) is 0. The maximum atomic E-state index is 11.9. The first-order chi connectivity index (χ1) is 10.8. The van der Waals surface area contributed by atoms with Gasteiger partial charge in [-0.1, -0.05) is 54.6 Å². The molecular weight excluding hydrogens is 274 g/mol. The van der Waals surface area contributed by atoms with E-state index < -0.39 is 5.91 Å². The number of benzene rings is 2. The highest BCUT2D eigenvalue weighted by Crippen LogP contribution is 2.30. The van der Waals surface area contributed by atoms with Crippen LogP contribution >= 0.6 is 0 Å². The number of primary amides is 1. The summed E-state index contributed by atoms with van der Waals surface area (Å²) in [4.78, 5) is 11.9. The number of rotatable bonds is 2. The van der Waals surface area contributed by atoms with Crippen molar-refractivity contribution in [3.05, 3.63) is 72.4 Å². The summed E-state index contributed by atoms with van der Waals surface area (Å²) in [5, 5.41) is 6.57. The lowest BCUT2D eigenvalue weighted by molar-refractivity contribution is 0.100. The largest absolute Gasteiger partial charge is 0.366 e. The number of nitrogens with two attached hydrogens (primary N) is 1. The molecule has 2 N–H and O–H groups in total. The molecule has 2 aromatic carbocycles. The van der Waals surface area contributed by atoms with Crippen LogP contribution in [0.5, 0.6) is 0 Å². The van der Waals surface area contributed by atoms with Crippen molar-refractivity contribution in [1.29, 1.82) is 0 Å². The smallest absolute Gasteiger partial charge is 0.250 e. The Labute approximate surface area is 126 Å². The molecule has 2 aromatic heterocycles. The average Bonchev–Trinajstić information content (AvgIpc) is 2.96. The van der Waals surface area contributed by atoms with Crippen LogP contribution in [0.25, 0.3) is 27.5 Å². The number of fused-ring (bicyclic) bond motifs is 3. The summed E-state index contributed by atoms with van der Waals surface area (Å²) in [6.07, 6.45) is 1.81. The fourth-order valence-electron chi connectivity index (χ4n) is 2.84. The van der Waals surface area contributed by atoms with E-state index in [0.717, 1.165) is 27.5 Å². The van der Waals surface area contributed by atoms with Gasteiger partial charge in [0.2, 0.25) is 0 Å². The monoisotopic (exact) mass is 287 g/mol. The number of carbonyl (C=O) groups is 1. The third-order valence-corrected chi connectivity index (χ3v) is 3.84. The minimum absolute atomic E-state index is 0.451. The number of amides is 1. The molecule has 4 heteroatoms. The van der Waals surface area contributed by atoms with Crippen molar-refractivity contribution < 1.29 is 4.79 Å². The third kappa shape index (κ3) is 1.78. The second-order valence-electron chi connectivity index (χ2n) is 5.17. The molecule has 4 rings (SSSR count). The van der Waals surface area contributed by atoms with Crippen molar-refractivity contribution in [2.75, 3.05) is 0 Å². The molecule has 0 fully saturated rings. The molecule has 4 nitrogen and oxygen atoms in total. The SMILES string of the molecule is NC(=O)c1cc2c3ccccc3cnn2c1-c1ccccc1. The van der Waals surface area contributed by atoms with Gasteiger partial charge in [-0.05, 0) is 6.07 Å². The highest BCUT2D eigenvalue weighted by atomic mass is 16.1. The van der Waals surface area contributed by atoms with Crippen molar-refractivity contribution in [1.82, 2.24) is 9.61 Å². The maximum absolute atomic E-state index is 11.9. The van der Waals surface area contributed by atoms with Gasteiger partial charge < -0.3 is 5.73 Å². The van der Waals surface area contributed by atoms with Gasteiger partial charge in [-0.15, -0.1) is 0 Å².